The maximum Gasteiger partial charge on any atom is 0.233 e. The highest BCUT2D eigenvalue weighted by atomic mass is 32.2. The molecule has 110 valence electrons. The summed E-state index contributed by atoms with van der Waals surface area (Å²) in [4.78, 5) is 12.2. The monoisotopic (exact) mass is 294 g/mol. The Morgan fingerprint density at radius 2 is 2.00 bits per heavy atom. The summed E-state index contributed by atoms with van der Waals surface area (Å²) >= 11 is 1.53. The molecule has 0 saturated heterocycles. The van der Waals surface area contributed by atoms with Gasteiger partial charge in [-0.15, -0.1) is 10.2 Å². The lowest BCUT2D eigenvalue weighted by Gasteiger charge is -2.16. The molecule has 1 heterocycles. The van der Waals surface area contributed by atoms with Crippen LogP contribution in [0.25, 0.3) is 0 Å². The van der Waals surface area contributed by atoms with E-state index in [9.17, 15) is 4.79 Å². The second-order valence-electron chi connectivity index (χ2n) is 5.88. The van der Waals surface area contributed by atoms with Gasteiger partial charge in [0.05, 0.1) is 5.25 Å². The van der Waals surface area contributed by atoms with E-state index in [-0.39, 0.29) is 11.2 Å². The minimum absolute atomic E-state index is 0.114. The maximum atomic E-state index is 12.2. The highest BCUT2D eigenvalue weighted by molar-refractivity contribution is 8.00. The largest absolute Gasteiger partial charge is 0.352 e. The Labute approximate surface area is 123 Å². The molecule has 1 aromatic rings. The van der Waals surface area contributed by atoms with Crippen LogP contribution in [0.3, 0.4) is 0 Å². The number of hydrogen-bond donors (Lipinski definition) is 1. The lowest BCUT2D eigenvalue weighted by Crippen LogP contribution is -2.37. The Morgan fingerprint density at radius 1 is 1.30 bits per heavy atom. The van der Waals surface area contributed by atoms with Crippen molar-refractivity contribution in [3.05, 3.63) is 5.82 Å². The number of amides is 1. The molecule has 1 atom stereocenters. The fraction of sp³-hybridized carbons (Fsp3) is 0.786. The highest BCUT2D eigenvalue weighted by Gasteiger charge is 2.30. The Kier molecular flexibility index (Phi) is 4.01. The Morgan fingerprint density at radius 3 is 2.65 bits per heavy atom. The van der Waals surface area contributed by atoms with Crippen molar-refractivity contribution in [2.24, 2.45) is 0 Å². The van der Waals surface area contributed by atoms with E-state index < -0.39 is 0 Å². The Bertz CT molecular complexity index is 491. The van der Waals surface area contributed by atoms with Gasteiger partial charge < -0.3 is 9.88 Å². The molecule has 0 aromatic carbocycles. The normalized spacial score (nSPS) is 21.1. The molecule has 0 unspecified atom stereocenters. The summed E-state index contributed by atoms with van der Waals surface area (Å²) in [7, 11) is 0. The van der Waals surface area contributed by atoms with E-state index in [1.807, 2.05) is 13.8 Å². The fourth-order valence-corrected chi connectivity index (χ4v) is 3.76. The molecule has 6 heteroatoms. The first-order valence-electron chi connectivity index (χ1n) is 7.53. The number of aryl methyl sites for hydroxylation is 1. The lowest BCUT2D eigenvalue weighted by molar-refractivity contribution is -0.120. The third-order valence-corrected chi connectivity index (χ3v) is 5.16. The van der Waals surface area contributed by atoms with E-state index in [2.05, 4.69) is 20.1 Å². The van der Waals surface area contributed by atoms with Gasteiger partial charge in [-0.3, -0.25) is 4.79 Å². The molecule has 2 aliphatic rings. The third kappa shape index (κ3) is 3.00. The average Bonchev–Trinajstić information content (AvgIpc) is 3.00. The molecule has 1 aromatic heterocycles. The van der Waals surface area contributed by atoms with Gasteiger partial charge in [-0.1, -0.05) is 24.6 Å². The number of aromatic nitrogens is 3. The number of hydrogen-bond acceptors (Lipinski definition) is 4. The van der Waals surface area contributed by atoms with Gasteiger partial charge in [-0.25, -0.2) is 0 Å². The molecular weight excluding hydrogens is 272 g/mol. The first-order chi connectivity index (χ1) is 9.65. The topological polar surface area (TPSA) is 59.8 Å². The van der Waals surface area contributed by atoms with E-state index in [0.29, 0.717) is 12.1 Å². The Balaban J connectivity index is 1.60. The van der Waals surface area contributed by atoms with Crippen molar-refractivity contribution in [2.45, 2.75) is 74.9 Å². The molecule has 1 N–H and O–H groups in total. The van der Waals surface area contributed by atoms with Gasteiger partial charge in [0.15, 0.2) is 5.16 Å². The number of nitrogens with zero attached hydrogens (tertiary/aromatic N) is 3. The average molecular weight is 294 g/mol. The smallest absolute Gasteiger partial charge is 0.233 e. The van der Waals surface area contributed by atoms with E-state index in [1.54, 1.807) is 0 Å². The van der Waals surface area contributed by atoms with Crippen molar-refractivity contribution in [1.82, 2.24) is 20.1 Å². The van der Waals surface area contributed by atoms with Crippen LogP contribution in [0, 0.1) is 6.92 Å². The maximum absolute atomic E-state index is 12.2. The molecule has 2 aliphatic carbocycles. The zero-order valence-corrected chi connectivity index (χ0v) is 12.9. The first kappa shape index (κ1) is 13.9. The van der Waals surface area contributed by atoms with Crippen LogP contribution >= 0.6 is 11.8 Å². The van der Waals surface area contributed by atoms with E-state index in [0.717, 1.165) is 23.8 Å². The molecule has 2 saturated carbocycles. The van der Waals surface area contributed by atoms with Crippen LogP contribution in [0.4, 0.5) is 0 Å². The molecule has 1 amide bonds. The molecule has 0 aliphatic heterocycles. The molecular formula is C14H22N4OS. The fourth-order valence-electron chi connectivity index (χ4n) is 2.78. The summed E-state index contributed by atoms with van der Waals surface area (Å²) < 4.78 is 2.18. The second kappa shape index (κ2) is 5.76. The van der Waals surface area contributed by atoms with Gasteiger partial charge in [-0.05, 0) is 39.5 Å². The lowest BCUT2D eigenvalue weighted by atomic mass is 10.2. The van der Waals surface area contributed by atoms with Crippen LogP contribution in [0.2, 0.25) is 0 Å². The number of nitrogens with one attached hydrogen (secondary N) is 1. The minimum atomic E-state index is -0.114. The summed E-state index contributed by atoms with van der Waals surface area (Å²) in [5.41, 5.74) is 0. The minimum Gasteiger partial charge on any atom is -0.352 e. The van der Waals surface area contributed by atoms with Gasteiger partial charge in [0.25, 0.3) is 0 Å². The predicted octanol–water partition coefficient (Wildman–Crippen LogP) is 2.46. The summed E-state index contributed by atoms with van der Waals surface area (Å²) in [6, 6.07) is 0.936. The quantitative estimate of drug-likeness (QED) is 0.848. The van der Waals surface area contributed by atoms with Crippen molar-refractivity contribution in [3.63, 3.8) is 0 Å². The van der Waals surface area contributed by atoms with Gasteiger partial charge in [-0.2, -0.15) is 0 Å². The van der Waals surface area contributed by atoms with Gasteiger partial charge in [0.2, 0.25) is 5.91 Å². The zero-order valence-electron chi connectivity index (χ0n) is 12.1. The van der Waals surface area contributed by atoms with Crippen LogP contribution in [0.1, 0.15) is 57.3 Å². The van der Waals surface area contributed by atoms with Crippen molar-refractivity contribution >= 4 is 17.7 Å². The number of thioether (sulfide) groups is 1. The number of rotatable bonds is 5. The van der Waals surface area contributed by atoms with Gasteiger partial charge in [0.1, 0.15) is 5.82 Å². The Hall–Kier alpha value is -1.04. The summed E-state index contributed by atoms with van der Waals surface area (Å²) in [5.74, 6) is 1.09. The molecule has 20 heavy (non-hydrogen) atoms. The van der Waals surface area contributed by atoms with E-state index >= 15 is 0 Å². The van der Waals surface area contributed by atoms with Crippen LogP contribution < -0.4 is 5.32 Å². The van der Waals surface area contributed by atoms with Crippen LogP contribution in [0.15, 0.2) is 5.16 Å². The van der Waals surface area contributed by atoms with Crippen LogP contribution in [-0.4, -0.2) is 32.0 Å². The third-order valence-electron chi connectivity index (χ3n) is 4.10. The standard InChI is InChI=1S/C14H22N4OS/c1-9(13(19)15-11-5-3-4-6-11)20-14-17-16-10(2)18(14)12-7-8-12/h9,11-12H,3-8H2,1-2H3,(H,15,19)/t9-/m1/s1. The molecule has 0 radical (unpaired) electrons. The van der Waals surface area contributed by atoms with E-state index in [1.165, 1.54) is 37.4 Å². The van der Waals surface area contributed by atoms with Gasteiger partial charge >= 0.3 is 0 Å². The van der Waals surface area contributed by atoms with Crippen LogP contribution in [0.5, 0.6) is 0 Å². The van der Waals surface area contributed by atoms with Crippen molar-refractivity contribution in [2.75, 3.05) is 0 Å². The summed E-state index contributed by atoms with van der Waals surface area (Å²) in [6.07, 6.45) is 7.13. The SMILES string of the molecule is Cc1nnc(S[C@H](C)C(=O)NC2CCCC2)n1C1CC1. The molecule has 0 spiro atoms. The second-order valence-corrected chi connectivity index (χ2v) is 7.19. The predicted molar refractivity (Wildman–Crippen MR) is 78.7 cm³/mol. The summed E-state index contributed by atoms with van der Waals surface area (Å²) in [6.45, 7) is 3.94. The summed E-state index contributed by atoms with van der Waals surface area (Å²) in [5, 5.41) is 12.3. The van der Waals surface area contributed by atoms with Gasteiger partial charge in [0, 0.05) is 12.1 Å². The number of carbonyl (C=O) groups excluding carboxylic acids is 1. The van der Waals surface area contributed by atoms with Crippen molar-refractivity contribution in [3.8, 4) is 0 Å². The first-order valence-corrected chi connectivity index (χ1v) is 8.41. The molecule has 3 rings (SSSR count). The van der Waals surface area contributed by atoms with Crippen molar-refractivity contribution in [1.29, 1.82) is 0 Å². The molecule has 0 bridgehead atoms. The zero-order chi connectivity index (χ0) is 14.1. The van der Waals surface area contributed by atoms with Crippen molar-refractivity contribution < 1.29 is 4.79 Å². The van der Waals surface area contributed by atoms with Crippen LogP contribution in [-0.2, 0) is 4.79 Å². The van der Waals surface area contributed by atoms with E-state index in [4.69, 9.17) is 0 Å². The molecule has 5 nitrogen and oxygen atoms in total. The number of carbonyl (C=O) groups is 1. The highest BCUT2D eigenvalue weighted by Crippen LogP contribution is 2.39. The molecule has 2 fully saturated rings.